The summed E-state index contributed by atoms with van der Waals surface area (Å²) >= 11 is 0. The molecular weight excluding hydrogens is 212 g/mol. The number of amides is 1. The molecule has 3 fully saturated rings. The maximum absolute atomic E-state index is 12.6. The van der Waals surface area contributed by atoms with Gasteiger partial charge in [0.2, 0.25) is 5.91 Å². The Morgan fingerprint density at radius 1 is 1.41 bits per heavy atom. The lowest BCUT2D eigenvalue weighted by atomic mass is 9.98. The smallest absolute Gasteiger partial charge is 0.244 e. The molecule has 17 heavy (non-hydrogen) atoms. The maximum atomic E-state index is 12.6. The Kier molecular flexibility index (Phi) is 2.69. The van der Waals surface area contributed by atoms with E-state index in [1.54, 1.807) is 0 Å². The van der Waals surface area contributed by atoms with E-state index in [0.29, 0.717) is 12.1 Å². The van der Waals surface area contributed by atoms with Crippen LogP contribution in [0.1, 0.15) is 52.4 Å². The minimum atomic E-state index is -0.168. The van der Waals surface area contributed by atoms with E-state index < -0.39 is 0 Å². The van der Waals surface area contributed by atoms with Crippen LogP contribution in [-0.4, -0.2) is 29.1 Å². The zero-order chi connectivity index (χ0) is 12.0. The second-order valence-electron chi connectivity index (χ2n) is 6.29. The van der Waals surface area contributed by atoms with E-state index in [0.717, 1.165) is 37.6 Å². The third kappa shape index (κ3) is 1.79. The van der Waals surface area contributed by atoms with Gasteiger partial charge < -0.3 is 4.90 Å². The van der Waals surface area contributed by atoms with Crippen molar-refractivity contribution in [2.45, 2.75) is 64.1 Å². The maximum Gasteiger partial charge on any atom is 0.244 e. The Bertz CT molecular complexity index is 322. The first-order valence-electron chi connectivity index (χ1n) is 7.25. The highest BCUT2D eigenvalue weighted by Crippen LogP contribution is 2.42. The molecule has 3 heteroatoms. The molecule has 3 nitrogen and oxygen atoms in total. The predicted octanol–water partition coefficient (Wildman–Crippen LogP) is 2.12. The minimum absolute atomic E-state index is 0.168. The lowest BCUT2D eigenvalue weighted by Crippen LogP contribution is -2.44. The fraction of sp³-hybridized carbons (Fsp3) is 0.929. The van der Waals surface area contributed by atoms with Gasteiger partial charge >= 0.3 is 0 Å². The molecule has 0 aromatic heterocycles. The average Bonchev–Trinajstić information content (AvgIpc) is 2.78. The molecule has 0 aromatic carbocycles. The van der Waals surface area contributed by atoms with Gasteiger partial charge in [-0.15, -0.1) is 0 Å². The van der Waals surface area contributed by atoms with Gasteiger partial charge in [0.05, 0.1) is 11.7 Å². The molecule has 3 atom stereocenters. The third-order valence-corrected chi connectivity index (χ3v) is 5.04. The van der Waals surface area contributed by atoms with Gasteiger partial charge in [0.15, 0.2) is 0 Å². The van der Waals surface area contributed by atoms with Crippen LogP contribution in [-0.2, 0) is 4.79 Å². The average molecular weight is 236 g/mol. The molecule has 3 rings (SSSR count). The summed E-state index contributed by atoms with van der Waals surface area (Å²) in [6.07, 6.45) is 7.18. The Balaban J connectivity index is 1.74. The lowest BCUT2D eigenvalue weighted by Gasteiger charge is -2.23. The standard InChI is InChI=1S/C14H24N2O/c1-3-12-15-14(6-4-5-7-14)13(17)16(12)9-11-8-10(11)2/h10-12,15H,3-9H2,1-2H3. The highest BCUT2D eigenvalue weighted by molar-refractivity contribution is 5.89. The summed E-state index contributed by atoms with van der Waals surface area (Å²) in [7, 11) is 0. The Morgan fingerprint density at radius 2 is 2.06 bits per heavy atom. The van der Waals surface area contributed by atoms with E-state index in [4.69, 9.17) is 0 Å². The fourth-order valence-corrected chi connectivity index (χ4v) is 3.65. The number of rotatable bonds is 3. The van der Waals surface area contributed by atoms with Gasteiger partial charge in [0, 0.05) is 6.54 Å². The normalized spacial score (nSPS) is 39.3. The van der Waals surface area contributed by atoms with Gasteiger partial charge in [-0.05, 0) is 37.5 Å². The van der Waals surface area contributed by atoms with Crippen molar-refractivity contribution in [3.63, 3.8) is 0 Å². The number of hydrogen-bond donors (Lipinski definition) is 1. The molecular formula is C14H24N2O. The summed E-state index contributed by atoms with van der Waals surface area (Å²) in [6, 6.07) is 0. The number of nitrogens with zero attached hydrogens (tertiary/aromatic N) is 1. The van der Waals surface area contributed by atoms with Crippen LogP contribution in [0.15, 0.2) is 0 Å². The molecule has 1 heterocycles. The van der Waals surface area contributed by atoms with Crippen LogP contribution in [0, 0.1) is 11.8 Å². The van der Waals surface area contributed by atoms with Crippen molar-refractivity contribution < 1.29 is 4.79 Å². The van der Waals surface area contributed by atoms with Gasteiger partial charge in [0.1, 0.15) is 0 Å². The first kappa shape index (κ1) is 11.5. The number of carbonyl (C=O) groups excluding carboxylic acids is 1. The number of nitrogens with one attached hydrogen (secondary N) is 1. The molecule has 1 amide bonds. The molecule has 3 aliphatic rings. The molecule has 2 saturated carbocycles. The largest absolute Gasteiger partial charge is 0.325 e. The van der Waals surface area contributed by atoms with E-state index >= 15 is 0 Å². The van der Waals surface area contributed by atoms with E-state index in [1.807, 2.05) is 0 Å². The van der Waals surface area contributed by atoms with Crippen LogP contribution in [0.4, 0.5) is 0 Å². The van der Waals surface area contributed by atoms with Gasteiger partial charge in [-0.3, -0.25) is 10.1 Å². The third-order valence-electron chi connectivity index (χ3n) is 5.04. The van der Waals surface area contributed by atoms with E-state index in [9.17, 15) is 4.79 Å². The zero-order valence-corrected chi connectivity index (χ0v) is 11.0. The fourth-order valence-electron chi connectivity index (χ4n) is 3.65. The molecule has 3 unspecified atom stereocenters. The SMILES string of the molecule is CCC1NC2(CCCC2)C(=O)N1CC1CC1C. The Labute approximate surface area is 104 Å². The van der Waals surface area contributed by atoms with Gasteiger partial charge in [-0.2, -0.15) is 0 Å². The second kappa shape index (κ2) is 3.98. The summed E-state index contributed by atoms with van der Waals surface area (Å²) in [5, 5.41) is 3.64. The van der Waals surface area contributed by atoms with Crippen molar-refractivity contribution in [3.05, 3.63) is 0 Å². The first-order chi connectivity index (χ1) is 8.16. The van der Waals surface area contributed by atoms with E-state index in [1.165, 1.54) is 19.3 Å². The number of carbonyl (C=O) groups is 1. The van der Waals surface area contributed by atoms with E-state index in [2.05, 4.69) is 24.1 Å². The second-order valence-corrected chi connectivity index (χ2v) is 6.29. The lowest BCUT2D eigenvalue weighted by molar-refractivity contribution is -0.133. The summed E-state index contributed by atoms with van der Waals surface area (Å²) < 4.78 is 0. The number of hydrogen-bond acceptors (Lipinski definition) is 2. The van der Waals surface area contributed by atoms with Crippen molar-refractivity contribution in [2.24, 2.45) is 11.8 Å². The van der Waals surface area contributed by atoms with Crippen molar-refractivity contribution in [3.8, 4) is 0 Å². The van der Waals surface area contributed by atoms with Gasteiger partial charge in [0.25, 0.3) is 0 Å². The molecule has 1 spiro atoms. The molecule has 0 radical (unpaired) electrons. The summed E-state index contributed by atoms with van der Waals surface area (Å²) in [6.45, 7) is 5.47. The first-order valence-corrected chi connectivity index (χ1v) is 7.25. The molecule has 96 valence electrons. The molecule has 1 saturated heterocycles. The van der Waals surface area contributed by atoms with Gasteiger partial charge in [-0.1, -0.05) is 26.7 Å². The van der Waals surface area contributed by atoms with Crippen molar-refractivity contribution in [2.75, 3.05) is 6.54 Å². The van der Waals surface area contributed by atoms with Crippen molar-refractivity contribution >= 4 is 5.91 Å². The van der Waals surface area contributed by atoms with Crippen LogP contribution in [0.5, 0.6) is 0 Å². The molecule has 0 aromatic rings. The highest BCUT2D eigenvalue weighted by Gasteiger charge is 2.52. The van der Waals surface area contributed by atoms with Crippen molar-refractivity contribution in [1.29, 1.82) is 0 Å². The topological polar surface area (TPSA) is 32.3 Å². The highest BCUT2D eigenvalue weighted by atomic mass is 16.2. The Morgan fingerprint density at radius 3 is 2.59 bits per heavy atom. The minimum Gasteiger partial charge on any atom is -0.325 e. The predicted molar refractivity (Wildman–Crippen MR) is 67.4 cm³/mol. The molecule has 1 aliphatic heterocycles. The summed E-state index contributed by atoms with van der Waals surface area (Å²) in [5.41, 5.74) is -0.168. The van der Waals surface area contributed by atoms with Crippen LogP contribution in [0.25, 0.3) is 0 Å². The van der Waals surface area contributed by atoms with E-state index in [-0.39, 0.29) is 5.54 Å². The van der Waals surface area contributed by atoms with Crippen LogP contribution in [0.3, 0.4) is 0 Å². The quantitative estimate of drug-likeness (QED) is 0.814. The van der Waals surface area contributed by atoms with Crippen LogP contribution < -0.4 is 5.32 Å². The monoisotopic (exact) mass is 236 g/mol. The Hall–Kier alpha value is -0.570. The molecule has 1 N–H and O–H groups in total. The summed E-state index contributed by atoms with van der Waals surface area (Å²) in [4.78, 5) is 14.8. The summed E-state index contributed by atoms with van der Waals surface area (Å²) in [5.74, 6) is 2.01. The molecule has 2 aliphatic carbocycles. The molecule has 0 bridgehead atoms. The zero-order valence-electron chi connectivity index (χ0n) is 11.0. The van der Waals surface area contributed by atoms with Crippen molar-refractivity contribution in [1.82, 2.24) is 10.2 Å². The van der Waals surface area contributed by atoms with Crippen LogP contribution in [0.2, 0.25) is 0 Å². The van der Waals surface area contributed by atoms with Crippen LogP contribution >= 0.6 is 0 Å². The van der Waals surface area contributed by atoms with Gasteiger partial charge in [-0.25, -0.2) is 0 Å².